The molecule has 23 heavy (non-hydrogen) atoms. The van der Waals surface area contributed by atoms with Gasteiger partial charge in [-0.3, -0.25) is 14.8 Å². The first-order chi connectivity index (χ1) is 10.8. The van der Waals surface area contributed by atoms with Crippen LogP contribution < -0.4 is 27.6 Å². The molecule has 0 unspecified atom stereocenters. The Balaban J connectivity index is 2.86. The van der Waals surface area contributed by atoms with Crippen LogP contribution in [0.1, 0.15) is 6.92 Å². The lowest BCUT2D eigenvalue weighted by atomic mass is 10.1. The van der Waals surface area contributed by atoms with Crippen molar-refractivity contribution in [2.75, 3.05) is 30.3 Å². The van der Waals surface area contributed by atoms with Crippen LogP contribution in [0.25, 0.3) is 0 Å². The first-order valence-corrected chi connectivity index (χ1v) is 7.01. The molecule has 1 aromatic rings. The highest BCUT2D eigenvalue weighted by Crippen LogP contribution is 2.11. The average Bonchev–Trinajstić information content (AvgIpc) is 2.49. The van der Waals surface area contributed by atoms with E-state index in [4.69, 9.17) is 10.8 Å². The van der Waals surface area contributed by atoms with Crippen molar-refractivity contribution < 1.29 is 20.4 Å². The van der Waals surface area contributed by atoms with E-state index in [1.54, 1.807) is 6.92 Å². The second kappa shape index (κ2) is 8.64. The molecule has 11 heteroatoms. The highest BCUT2D eigenvalue weighted by atomic mass is 16.4. The molecule has 0 spiro atoms. The third-order valence-corrected chi connectivity index (χ3v) is 3.01. The van der Waals surface area contributed by atoms with Crippen LogP contribution in [0.15, 0.2) is 9.59 Å². The lowest BCUT2D eigenvalue weighted by Gasteiger charge is -2.22. The number of aliphatic hydroxyl groups is 4. The highest BCUT2D eigenvalue weighted by Gasteiger charge is 2.24. The smallest absolute Gasteiger partial charge is 0.327 e. The third kappa shape index (κ3) is 5.65. The van der Waals surface area contributed by atoms with E-state index in [1.165, 1.54) is 0 Å². The summed E-state index contributed by atoms with van der Waals surface area (Å²) < 4.78 is 0. The molecule has 10 N–H and O–H groups in total. The monoisotopic (exact) mass is 333 g/mol. The molecular weight excluding hydrogens is 310 g/mol. The summed E-state index contributed by atoms with van der Waals surface area (Å²) in [6.07, 6.45) is -4.55. The van der Waals surface area contributed by atoms with Crippen molar-refractivity contribution in [1.29, 1.82) is 0 Å². The van der Waals surface area contributed by atoms with Crippen LogP contribution in [-0.2, 0) is 0 Å². The second-order valence-corrected chi connectivity index (χ2v) is 5.21. The van der Waals surface area contributed by atoms with Gasteiger partial charge < -0.3 is 36.8 Å². The molecule has 0 aliphatic carbocycles. The van der Waals surface area contributed by atoms with E-state index >= 15 is 0 Å². The number of hydrogen-bond donors (Lipinski definition) is 9. The molecule has 1 aromatic heterocycles. The van der Waals surface area contributed by atoms with E-state index in [2.05, 4.69) is 15.6 Å². The van der Waals surface area contributed by atoms with Crippen LogP contribution in [0.4, 0.5) is 11.5 Å². The molecule has 1 heterocycles. The molecule has 0 amide bonds. The zero-order valence-corrected chi connectivity index (χ0v) is 12.6. The van der Waals surface area contributed by atoms with Gasteiger partial charge in [-0.15, -0.1) is 0 Å². The third-order valence-electron chi connectivity index (χ3n) is 3.01. The normalized spacial score (nSPS) is 16.4. The molecule has 0 aromatic carbocycles. The molecule has 0 radical (unpaired) electrons. The molecule has 0 fully saturated rings. The van der Waals surface area contributed by atoms with Gasteiger partial charge in [-0.2, -0.15) is 0 Å². The molecule has 132 valence electrons. The Morgan fingerprint density at radius 1 is 1.09 bits per heavy atom. The minimum absolute atomic E-state index is 0.00383. The first-order valence-electron chi connectivity index (χ1n) is 7.01. The molecular formula is C12H23N5O6. The van der Waals surface area contributed by atoms with Crippen molar-refractivity contribution in [1.82, 2.24) is 9.97 Å². The molecule has 1 rings (SSSR count). The summed E-state index contributed by atoms with van der Waals surface area (Å²) in [4.78, 5) is 27.5. The summed E-state index contributed by atoms with van der Waals surface area (Å²) in [5.74, 6) is 0.00383. The average molecular weight is 333 g/mol. The lowest BCUT2D eigenvalue weighted by molar-refractivity contribution is -0.0715. The maximum atomic E-state index is 11.8. The number of aromatic nitrogens is 2. The van der Waals surface area contributed by atoms with Crippen molar-refractivity contribution in [3.05, 3.63) is 20.8 Å². The zero-order chi connectivity index (χ0) is 17.6. The van der Waals surface area contributed by atoms with Crippen LogP contribution in [0.3, 0.4) is 0 Å². The van der Waals surface area contributed by atoms with E-state index in [1.807, 2.05) is 4.98 Å². The number of hydrogen-bond acceptors (Lipinski definition) is 9. The van der Waals surface area contributed by atoms with Gasteiger partial charge in [-0.1, -0.05) is 0 Å². The van der Waals surface area contributed by atoms with Crippen LogP contribution in [0, 0.1) is 0 Å². The summed E-state index contributed by atoms with van der Waals surface area (Å²) in [5, 5.41) is 42.6. The van der Waals surface area contributed by atoms with Crippen molar-refractivity contribution >= 4 is 11.5 Å². The van der Waals surface area contributed by atoms with Gasteiger partial charge in [0.25, 0.3) is 5.56 Å². The number of anilines is 2. The Labute approximate surface area is 131 Å². The van der Waals surface area contributed by atoms with E-state index in [-0.39, 0.29) is 30.6 Å². The summed E-state index contributed by atoms with van der Waals surface area (Å²) in [6.45, 7) is 0.973. The number of aromatic amines is 2. The van der Waals surface area contributed by atoms with Crippen molar-refractivity contribution in [2.45, 2.75) is 31.3 Å². The predicted molar refractivity (Wildman–Crippen MR) is 83.4 cm³/mol. The highest BCUT2D eigenvalue weighted by molar-refractivity contribution is 5.62. The zero-order valence-electron chi connectivity index (χ0n) is 12.6. The van der Waals surface area contributed by atoms with Gasteiger partial charge in [-0.25, -0.2) is 4.79 Å². The summed E-state index contributed by atoms with van der Waals surface area (Å²) >= 11 is 0. The largest absolute Gasteiger partial charge is 0.394 e. The minimum atomic E-state index is -1.60. The molecule has 11 nitrogen and oxygen atoms in total. The van der Waals surface area contributed by atoms with Crippen molar-refractivity contribution in [2.24, 2.45) is 5.73 Å². The van der Waals surface area contributed by atoms with Crippen LogP contribution in [0.2, 0.25) is 0 Å². The van der Waals surface area contributed by atoms with Crippen molar-refractivity contribution in [3.63, 3.8) is 0 Å². The van der Waals surface area contributed by atoms with Crippen LogP contribution in [0.5, 0.6) is 0 Å². The molecule has 0 saturated carbocycles. The Kier molecular flexibility index (Phi) is 7.19. The fraction of sp³-hybridized carbons (Fsp3) is 0.667. The van der Waals surface area contributed by atoms with Gasteiger partial charge >= 0.3 is 5.69 Å². The summed E-state index contributed by atoms with van der Waals surface area (Å²) in [5.41, 5.74) is 4.18. The van der Waals surface area contributed by atoms with E-state index in [0.29, 0.717) is 0 Å². The number of aliphatic hydroxyl groups excluding tert-OH is 4. The number of H-pyrrole nitrogens is 2. The Bertz CT molecular complexity index is 600. The standard InChI is InChI=1S/C12H23N5O6/c1-5(13)2-14-8-10(16-12(23)17-11(8)22)15-3-6(19)9(21)7(20)4-18/h5-7,9,14,18-21H,2-4,13H2,1H3,(H3,15,16,17,22,23)/t5-,6+,7-,9+/m1/s1. The topological polar surface area (TPSA) is 197 Å². The Morgan fingerprint density at radius 2 is 1.74 bits per heavy atom. The molecule has 0 saturated heterocycles. The first kappa shape index (κ1) is 19.1. The minimum Gasteiger partial charge on any atom is -0.394 e. The summed E-state index contributed by atoms with van der Waals surface area (Å²) in [7, 11) is 0. The number of nitrogens with one attached hydrogen (secondary N) is 4. The van der Waals surface area contributed by atoms with Crippen LogP contribution in [-0.4, -0.2) is 74.4 Å². The molecule has 4 atom stereocenters. The van der Waals surface area contributed by atoms with Gasteiger partial charge in [0.05, 0.1) is 12.7 Å². The van der Waals surface area contributed by atoms with Crippen molar-refractivity contribution in [3.8, 4) is 0 Å². The van der Waals surface area contributed by atoms with E-state index < -0.39 is 36.2 Å². The summed E-state index contributed by atoms with van der Waals surface area (Å²) in [6, 6.07) is -0.249. The van der Waals surface area contributed by atoms with Gasteiger partial charge in [0.15, 0.2) is 0 Å². The van der Waals surface area contributed by atoms with Gasteiger partial charge in [0.1, 0.15) is 23.7 Å². The Morgan fingerprint density at radius 3 is 2.30 bits per heavy atom. The Hall–Kier alpha value is -1.92. The molecule has 0 bridgehead atoms. The molecule has 0 aliphatic heterocycles. The predicted octanol–water partition coefficient (Wildman–Crippen LogP) is -3.69. The number of rotatable bonds is 9. The van der Waals surface area contributed by atoms with Gasteiger partial charge in [-0.05, 0) is 6.92 Å². The van der Waals surface area contributed by atoms with Gasteiger partial charge in [0, 0.05) is 19.1 Å². The fourth-order valence-electron chi connectivity index (χ4n) is 1.74. The lowest BCUT2D eigenvalue weighted by Crippen LogP contribution is -2.43. The van der Waals surface area contributed by atoms with E-state index in [0.717, 1.165) is 0 Å². The fourth-order valence-corrected chi connectivity index (χ4v) is 1.74. The quantitative estimate of drug-likeness (QED) is 0.218. The number of nitrogens with two attached hydrogens (primary N) is 1. The maximum Gasteiger partial charge on any atom is 0.327 e. The second-order valence-electron chi connectivity index (χ2n) is 5.21. The maximum absolute atomic E-state index is 11.8. The SMILES string of the molecule is C[C@@H](N)CNc1c(NC[C@H](O)[C@H](O)[C@H](O)CO)[nH]c(=O)[nH]c1=O. The van der Waals surface area contributed by atoms with Gasteiger partial charge in [0.2, 0.25) is 0 Å². The van der Waals surface area contributed by atoms with Crippen LogP contribution >= 0.6 is 0 Å². The van der Waals surface area contributed by atoms with E-state index in [9.17, 15) is 24.9 Å². The molecule has 0 aliphatic rings.